The van der Waals surface area contributed by atoms with Crippen LogP contribution in [-0.2, 0) is 17.8 Å². The zero-order valence-corrected chi connectivity index (χ0v) is 16.9. The molecular weight excluding hydrogens is 397 g/mol. The van der Waals surface area contributed by atoms with E-state index in [9.17, 15) is 9.18 Å². The zero-order valence-electron chi connectivity index (χ0n) is 16.2. The standard InChI is InChI=1S/C21H21ClFN3O3/c1-26(13-15-12-16(22)8-11-18(15)28-2)20(27)5-3-4-19-24-21(25-29-19)14-6-9-17(23)10-7-14/h6-12H,3-5,13H2,1-2H3. The highest BCUT2D eigenvalue weighted by molar-refractivity contribution is 6.30. The zero-order chi connectivity index (χ0) is 20.8. The van der Waals surface area contributed by atoms with Crippen LogP contribution in [0.4, 0.5) is 4.39 Å². The summed E-state index contributed by atoms with van der Waals surface area (Å²) in [7, 11) is 3.32. The van der Waals surface area contributed by atoms with Crippen molar-refractivity contribution in [1.82, 2.24) is 15.0 Å². The van der Waals surface area contributed by atoms with Crippen molar-refractivity contribution in [3.63, 3.8) is 0 Å². The first-order valence-corrected chi connectivity index (χ1v) is 9.49. The SMILES string of the molecule is COc1ccc(Cl)cc1CN(C)C(=O)CCCc1nc(-c2ccc(F)cc2)no1. The molecule has 6 nitrogen and oxygen atoms in total. The van der Waals surface area contributed by atoms with Gasteiger partial charge in [-0.25, -0.2) is 4.39 Å². The Bertz CT molecular complexity index is 976. The van der Waals surface area contributed by atoms with Gasteiger partial charge in [0.05, 0.1) is 7.11 Å². The van der Waals surface area contributed by atoms with Crippen LogP contribution in [-0.4, -0.2) is 35.1 Å². The third-order valence-corrected chi connectivity index (χ3v) is 4.66. The first kappa shape index (κ1) is 20.8. The predicted octanol–water partition coefficient (Wildman–Crippen LogP) is 4.52. The minimum absolute atomic E-state index is 0.00898. The molecule has 0 N–H and O–H groups in total. The van der Waals surface area contributed by atoms with E-state index in [0.29, 0.717) is 53.9 Å². The number of ether oxygens (including phenoxy) is 1. The minimum atomic E-state index is -0.324. The lowest BCUT2D eigenvalue weighted by Gasteiger charge is -2.19. The van der Waals surface area contributed by atoms with Crippen LogP contribution in [0.5, 0.6) is 5.75 Å². The van der Waals surface area contributed by atoms with E-state index in [2.05, 4.69) is 10.1 Å². The van der Waals surface area contributed by atoms with E-state index < -0.39 is 0 Å². The van der Waals surface area contributed by atoms with E-state index >= 15 is 0 Å². The number of hydrogen-bond acceptors (Lipinski definition) is 5. The molecule has 0 unspecified atom stereocenters. The van der Waals surface area contributed by atoms with Crippen LogP contribution in [0.3, 0.4) is 0 Å². The van der Waals surface area contributed by atoms with Gasteiger partial charge in [-0.05, 0) is 48.9 Å². The Morgan fingerprint density at radius 3 is 2.72 bits per heavy atom. The maximum absolute atomic E-state index is 13.0. The molecule has 29 heavy (non-hydrogen) atoms. The van der Waals surface area contributed by atoms with Gasteiger partial charge in [0.1, 0.15) is 11.6 Å². The molecule has 0 atom stereocenters. The molecule has 0 aliphatic heterocycles. The molecule has 1 aromatic heterocycles. The largest absolute Gasteiger partial charge is 0.496 e. The van der Waals surface area contributed by atoms with Gasteiger partial charge in [0.25, 0.3) is 0 Å². The Kier molecular flexibility index (Phi) is 6.82. The highest BCUT2D eigenvalue weighted by atomic mass is 35.5. The number of hydrogen-bond donors (Lipinski definition) is 0. The Balaban J connectivity index is 1.51. The normalized spacial score (nSPS) is 10.8. The maximum Gasteiger partial charge on any atom is 0.226 e. The van der Waals surface area contributed by atoms with Crippen molar-refractivity contribution in [3.05, 3.63) is 64.8 Å². The van der Waals surface area contributed by atoms with Gasteiger partial charge in [-0.1, -0.05) is 16.8 Å². The van der Waals surface area contributed by atoms with Crippen molar-refractivity contribution < 1.29 is 18.4 Å². The van der Waals surface area contributed by atoms with Crippen LogP contribution in [0.2, 0.25) is 5.02 Å². The number of nitrogens with zero attached hydrogens (tertiary/aromatic N) is 3. The molecule has 0 aliphatic rings. The third-order valence-electron chi connectivity index (χ3n) is 4.43. The monoisotopic (exact) mass is 417 g/mol. The van der Waals surface area contributed by atoms with E-state index in [4.69, 9.17) is 20.9 Å². The second kappa shape index (κ2) is 9.52. The number of aromatic nitrogens is 2. The maximum atomic E-state index is 13.0. The summed E-state index contributed by atoms with van der Waals surface area (Å²) in [6, 6.07) is 11.2. The fraction of sp³-hybridized carbons (Fsp3) is 0.286. The van der Waals surface area contributed by atoms with Crippen molar-refractivity contribution >= 4 is 17.5 Å². The Labute approximate surface area is 173 Å². The van der Waals surface area contributed by atoms with Gasteiger partial charge in [-0.15, -0.1) is 0 Å². The number of benzene rings is 2. The summed E-state index contributed by atoms with van der Waals surface area (Å²) in [5.41, 5.74) is 1.52. The van der Waals surface area contributed by atoms with E-state index in [0.717, 1.165) is 5.56 Å². The van der Waals surface area contributed by atoms with Gasteiger partial charge in [-0.2, -0.15) is 4.98 Å². The molecule has 3 aromatic rings. The minimum Gasteiger partial charge on any atom is -0.496 e. The molecule has 0 bridgehead atoms. The molecule has 2 aromatic carbocycles. The second-order valence-corrected chi connectivity index (χ2v) is 7.01. The summed E-state index contributed by atoms with van der Waals surface area (Å²) in [5.74, 6) is 1.20. The van der Waals surface area contributed by atoms with Crippen molar-refractivity contribution in [1.29, 1.82) is 0 Å². The van der Waals surface area contributed by atoms with E-state index in [-0.39, 0.29) is 11.7 Å². The number of methoxy groups -OCH3 is 1. The molecule has 0 fully saturated rings. The fourth-order valence-corrected chi connectivity index (χ4v) is 3.06. The predicted molar refractivity (Wildman–Crippen MR) is 107 cm³/mol. The lowest BCUT2D eigenvalue weighted by molar-refractivity contribution is -0.130. The van der Waals surface area contributed by atoms with Crippen LogP contribution < -0.4 is 4.74 Å². The number of carbonyl (C=O) groups excluding carboxylic acids is 1. The fourth-order valence-electron chi connectivity index (χ4n) is 2.87. The van der Waals surface area contributed by atoms with Crippen LogP contribution in [0, 0.1) is 5.82 Å². The first-order chi connectivity index (χ1) is 14.0. The topological polar surface area (TPSA) is 68.5 Å². The summed E-state index contributed by atoms with van der Waals surface area (Å²) >= 11 is 6.04. The van der Waals surface area contributed by atoms with Crippen molar-refractivity contribution in [2.75, 3.05) is 14.2 Å². The number of halogens is 2. The lowest BCUT2D eigenvalue weighted by Crippen LogP contribution is -2.26. The molecule has 3 rings (SSSR count). The van der Waals surface area contributed by atoms with Crippen molar-refractivity contribution in [2.45, 2.75) is 25.8 Å². The molecule has 1 amide bonds. The molecule has 0 radical (unpaired) electrons. The summed E-state index contributed by atoms with van der Waals surface area (Å²) in [5, 5.41) is 4.49. The van der Waals surface area contributed by atoms with Gasteiger partial charge in [0.15, 0.2) is 0 Å². The van der Waals surface area contributed by atoms with Crippen molar-refractivity contribution in [3.8, 4) is 17.1 Å². The molecule has 0 aliphatic carbocycles. The average molecular weight is 418 g/mol. The van der Waals surface area contributed by atoms with Crippen LogP contribution in [0.25, 0.3) is 11.4 Å². The van der Waals surface area contributed by atoms with Crippen molar-refractivity contribution in [2.24, 2.45) is 0 Å². The molecule has 8 heteroatoms. The van der Waals surface area contributed by atoms with E-state index in [1.165, 1.54) is 12.1 Å². The van der Waals surface area contributed by atoms with E-state index in [1.807, 2.05) is 0 Å². The number of amides is 1. The molecule has 1 heterocycles. The Morgan fingerprint density at radius 2 is 2.00 bits per heavy atom. The van der Waals surface area contributed by atoms with Gasteiger partial charge < -0.3 is 14.2 Å². The van der Waals surface area contributed by atoms with Crippen LogP contribution in [0.15, 0.2) is 47.0 Å². The number of aryl methyl sites for hydroxylation is 1. The quantitative estimate of drug-likeness (QED) is 0.539. The Hall–Kier alpha value is -2.93. The van der Waals surface area contributed by atoms with Gasteiger partial charge in [0.2, 0.25) is 17.6 Å². The second-order valence-electron chi connectivity index (χ2n) is 6.58. The average Bonchev–Trinajstić information content (AvgIpc) is 3.17. The molecule has 152 valence electrons. The number of rotatable bonds is 8. The lowest BCUT2D eigenvalue weighted by atomic mass is 10.1. The van der Waals surface area contributed by atoms with Gasteiger partial charge >= 0.3 is 0 Å². The Morgan fingerprint density at radius 1 is 1.24 bits per heavy atom. The highest BCUT2D eigenvalue weighted by Crippen LogP contribution is 2.24. The molecule has 0 spiro atoms. The van der Waals surface area contributed by atoms with Crippen LogP contribution in [0.1, 0.15) is 24.3 Å². The summed E-state index contributed by atoms with van der Waals surface area (Å²) in [6.45, 7) is 0.401. The third kappa shape index (κ3) is 5.54. The highest BCUT2D eigenvalue weighted by Gasteiger charge is 2.14. The van der Waals surface area contributed by atoms with Crippen LogP contribution >= 0.6 is 11.6 Å². The molecular formula is C21H21ClFN3O3. The van der Waals surface area contributed by atoms with E-state index in [1.54, 1.807) is 49.4 Å². The molecule has 0 saturated carbocycles. The summed E-state index contributed by atoms with van der Waals surface area (Å²) in [4.78, 5) is 18.4. The summed E-state index contributed by atoms with van der Waals surface area (Å²) < 4.78 is 23.5. The summed E-state index contributed by atoms with van der Waals surface area (Å²) in [6.07, 6.45) is 1.39. The van der Waals surface area contributed by atoms with Gasteiger partial charge in [0, 0.05) is 42.6 Å². The molecule has 0 saturated heterocycles. The smallest absolute Gasteiger partial charge is 0.226 e. The van der Waals surface area contributed by atoms with Gasteiger partial charge in [-0.3, -0.25) is 4.79 Å². The number of carbonyl (C=O) groups is 1. The first-order valence-electron chi connectivity index (χ1n) is 9.11.